The second-order valence-corrected chi connectivity index (χ2v) is 3.45. The molecule has 0 amide bonds. The lowest BCUT2D eigenvalue weighted by molar-refractivity contribution is 1.38. The van der Waals surface area contributed by atoms with Gasteiger partial charge in [-0.1, -0.05) is 18.2 Å². The Balaban J connectivity index is 2.15. The molecule has 0 saturated heterocycles. The first-order chi connectivity index (χ1) is 6.34. The van der Waals surface area contributed by atoms with Gasteiger partial charge in [0.15, 0.2) is 5.13 Å². The van der Waals surface area contributed by atoms with Crippen LogP contribution >= 0.6 is 11.3 Å². The van der Waals surface area contributed by atoms with Gasteiger partial charge in [0.05, 0.1) is 0 Å². The minimum atomic E-state index is 0.582. The van der Waals surface area contributed by atoms with Crippen molar-refractivity contribution in [3.8, 4) is 0 Å². The summed E-state index contributed by atoms with van der Waals surface area (Å²) in [4.78, 5) is 4.09. The number of nitrogens with one attached hydrogen (secondary N) is 1. The summed E-state index contributed by atoms with van der Waals surface area (Å²) in [6, 6.07) is 9.88. The number of aromatic nitrogens is 1. The van der Waals surface area contributed by atoms with E-state index in [1.165, 1.54) is 11.3 Å². The van der Waals surface area contributed by atoms with Gasteiger partial charge in [-0.05, 0) is 12.1 Å². The first-order valence-electron chi connectivity index (χ1n) is 3.88. The topological polar surface area (TPSA) is 50.9 Å². The summed E-state index contributed by atoms with van der Waals surface area (Å²) in [6.07, 6.45) is 0. The Morgan fingerprint density at radius 1 is 1.23 bits per heavy atom. The van der Waals surface area contributed by atoms with Crippen molar-refractivity contribution in [3.05, 3.63) is 35.7 Å². The van der Waals surface area contributed by atoms with Crippen LogP contribution in [-0.2, 0) is 0 Å². The predicted octanol–water partition coefficient (Wildman–Crippen LogP) is 2.47. The molecule has 0 bridgehead atoms. The summed E-state index contributed by atoms with van der Waals surface area (Å²) in [5, 5.41) is 5.62. The fourth-order valence-electron chi connectivity index (χ4n) is 1.01. The molecule has 3 nitrogen and oxygen atoms in total. The Bertz CT molecular complexity index is 383. The zero-order valence-corrected chi connectivity index (χ0v) is 7.71. The van der Waals surface area contributed by atoms with Gasteiger partial charge in [0.25, 0.3) is 0 Å². The molecule has 4 heteroatoms. The molecular formula is C9H9N3S. The molecule has 0 atom stereocenters. The van der Waals surface area contributed by atoms with Crippen LogP contribution in [0.5, 0.6) is 0 Å². The fraction of sp³-hybridized carbons (Fsp3) is 0. The van der Waals surface area contributed by atoms with Crippen molar-refractivity contribution in [3.63, 3.8) is 0 Å². The highest BCUT2D eigenvalue weighted by Gasteiger charge is 1.97. The van der Waals surface area contributed by atoms with Crippen LogP contribution in [0.3, 0.4) is 0 Å². The number of nitrogens with zero attached hydrogens (tertiary/aromatic N) is 1. The van der Waals surface area contributed by atoms with E-state index in [-0.39, 0.29) is 0 Å². The van der Waals surface area contributed by atoms with Gasteiger partial charge in [0.2, 0.25) is 0 Å². The molecule has 0 aliphatic heterocycles. The average molecular weight is 191 g/mol. The van der Waals surface area contributed by atoms with E-state index in [2.05, 4.69) is 10.3 Å². The largest absolute Gasteiger partial charge is 0.375 e. The first kappa shape index (κ1) is 8.07. The predicted molar refractivity (Wildman–Crippen MR) is 56.3 cm³/mol. The van der Waals surface area contributed by atoms with Gasteiger partial charge >= 0.3 is 0 Å². The van der Waals surface area contributed by atoms with Crippen molar-refractivity contribution in [2.75, 3.05) is 11.1 Å². The summed E-state index contributed by atoms with van der Waals surface area (Å²) in [6.45, 7) is 0. The maximum atomic E-state index is 5.50. The van der Waals surface area contributed by atoms with Crippen molar-refractivity contribution in [2.24, 2.45) is 0 Å². The molecule has 3 N–H and O–H groups in total. The lowest BCUT2D eigenvalue weighted by atomic mass is 10.3. The summed E-state index contributed by atoms with van der Waals surface area (Å²) in [7, 11) is 0. The van der Waals surface area contributed by atoms with Crippen LogP contribution in [0, 0.1) is 0 Å². The van der Waals surface area contributed by atoms with E-state index in [4.69, 9.17) is 5.73 Å². The van der Waals surface area contributed by atoms with E-state index in [1.54, 1.807) is 0 Å². The molecule has 2 rings (SSSR count). The maximum absolute atomic E-state index is 5.50. The van der Waals surface area contributed by atoms with E-state index in [9.17, 15) is 0 Å². The zero-order valence-electron chi connectivity index (χ0n) is 6.90. The normalized spacial score (nSPS) is 9.85. The number of hydrogen-bond donors (Lipinski definition) is 2. The Hall–Kier alpha value is -1.55. The van der Waals surface area contributed by atoms with Crippen molar-refractivity contribution in [1.82, 2.24) is 4.98 Å². The van der Waals surface area contributed by atoms with Crippen molar-refractivity contribution < 1.29 is 0 Å². The summed E-state index contributed by atoms with van der Waals surface area (Å²) < 4.78 is 0. The standard InChI is InChI=1S/C9H9N3S/c10-9-12-8(6-13-9)11-7-4-2-1-3-5-7/h1-6,11H,(H2,10,12). The van der Waals surface area contributed by atoms with E-state index >= 15 is 0 Å². The van der Waals surface area contributed by atoms with Crippen molar-refractivity contribution in [2.45, 2.75) is 0 Å². The van der Waals surface area contributed by atoms with Crippen LogP contribution in [0.1, 0.15) is 0 Å². The molecule has 1 aromatic carbocycles. The van der Waals surface area contributed by atoms with E-state index < -0.39 is 0 Å². The lowest BCUT2D eigenvalue weighted by Crippen LogP contribution is -1.90. The number of hydrogen-bond acceptors (Lipinski definition) is 4. The number of para-hydroxylation sites is 1. The smallest absolute Gasteiger partial charge is 0.182 e. The maximum Gasteiger partial charge on any atom is 0.182 e. The van der Waals surface area contributed by atoms with Crippen molar-refractivity contribution in [1.29, 1.82) is 0 Å². The Morgan fingerprint density at radius 2 is 2.00 bits per heavy atom. The second-order valence-electron chi connectivity index (χ2n) is 2.56. The summed E-state index contributed by atoms with van der Waals surface area (Å²) >= 11 is 1.43. The number of rotatable bonds is 2. The number of nitrogen functional groups attached to an aromatic ring is 1. The van der Waals surface area contributed by atoms with Crippen molar-refractivity contribution >= 4 is 28.0 Å². The monoisotopic (exact) mass is 191 g/mol. The van der Waals surface area contributed by atoms with Gasteiger partial charge in [-0.25, -0.2) is 4.98 Å². The van der Waals surface area contributed by atoms with Crippen LogP contribution in [-0.4, -0.2) is 4.98 Å². The van der Waals surface area contributed by atoms with Crippen LogP contribution in [0.15, 0.2) is 35.7 Å². The van der Waals surface area contributed by atoms with Gasteiger partial charge in [-0.2, -0.15) is 0 Å². The minimum absolute atomic E-state index is 0.582. The number of thiazole rings is 1. The molecule has 1 aromatic heterocycles. The highest BCUT2D eigenvalue weighted by atomic mass is 32.1. The molecule has 0 aliphatic rings. The quantitative estimate of drug-likeness (QED) is 0.766. The van der Waals surface area contributed by atoms with Crippen LogP contribution in [0.2, 0.25) is 0 Å². The molecule has 1 heterocycles. The molecule has 13 heavy (non-hydrogen) atoms. The van der Waals surface area contributed by atoms with Crippen LogP contribution in [0.4, 0.5) is 16.6 Å². The summed E-state index contributed by atoms with van der Waals surface area (Å²) in [5.74, 6) is 0.800. The van der Waals surface area contributed by atoms with Gasteiger partial charge < -0.3 is 11.1 Å². The fourth-order valence-corrected chi connectivity index (χ4v) is 1.51. The molecule has 2 aromatic rings. The third-order valence-electron chi connectivity index (χ3n) is 1.57. The number of nitrogens with two attached hydrogens (primary N) is 1. The van der Waals surface area contributed by atoms with E-state index in [0.717, 1.165) is 11.5 Å². The molecule has 0 saturated carbocycles. The van der Waals surface area contributed by atoms with Crippen LogP contribution in [0.25, 0.3) is 0 Å². The Labute approximate surface area is 80.2 Å². The van der Waals surface area contributed by atoms with E-state index in [0.29, 0.717) is 5.13 Å². The average Bonchev–Trinajstić information content (AvgIpc) is 2.53. The molecule has 0 radical (unpaired) electrons. The second kappa shape index (κ2) is 3.45. The molecule has 0 aliphatic carbocycles. The third kappa shape index (κ3) is 1.97. The third-order valence-corrected chi connectivity index (χ3v) is 2.24. The lowest BCUT2D eigenvalue weighted by Gasteiger charge is -2.00. The Kier molecular flexibility index (Phi) is 2.14. The Morgan fingerprint density at radius 3 is 2.62 bits per heavy atom. The number of anilines is 3. The van der Waals surface area contributed by atoms with Crippen LogP contribution < -0.4 is 11.1 Å². The molecule has 66 valence electrons. The minimum Gasteiger partial charge on any atom is -0.375 e. The first-order valence-corrected chi connectivity index (χ1v) is 4.75. The highest BCUT2D eigenvalue weighted by Crippen LogP contribution is 2.19. The molecule has 0 spiro atoms. The van der Waals surface area contributed by atoms with Gasteiger partial charge in [0, 0.05) is 11.1 Å². The van der Waals surface area contributed by atoms with Gasteiger partial charge in [-0.3, -0.25) is 0 Å². The zero-order chi connectivity index (χ0) is 9.10. The molecule has 0 fully saturated rings. The highest BCUT2D eigenvalue weighted by molar-refractivity contribution is 7.13. The molecule has 0 unspecified atom stereocenters. The van der Waals surface area contributed by atoms with Gasteiger partial charge in [0.1, 0.15) is 5.82 Å². The van der Waals surface area contributed by atoms with Gasteiger partial charge in [-0.15, -0.1) is 11.3 Å². The summed E-state index contributed by atoms with van der Waals surface area (Å²) in [5.41, 5.74) is 6.52. The SMILES string of the molecule is Nc1nc(Nc2ccccc2)cs1. The number of benzene rings is 1. The van der Waals surface area contributed by atoms with E-state index in [1.807, 2.05) is 35.7 Å². The molecular weight excluding hydrogens is 182 g/mol.